The fourth-order valence-corrected chi connectivity index (χ4v) is 6.09. The Hall–Kier alpha value is -5.05. The zero-order valence-electron chi connectivity index (χ0n) is 24.5. The first-order valence-corrected chi connectivity index (χ1v) is 14.3. The highest BCUT2D eigenvalue weighted by Gasteiger charge is 2.63. The van der Waals surface area contributed by atoms with Crippen LogP contribution in [-0.4, -0.2) is 67.0 Å². The molecule has 0 spiro atoms. The fraction of sp³-hybridized carbons (Fsp3) is 0.323. The van der Waals surface area contributed by atoms with Crippen molar-refractivity contribution in [2.75, 3.05) is 20.3 Å². The van der Waals surface area contributed by atoms with Gasteiger partial charge < -0.3 is 19.9 Å². The summed E-state index contributed by atoms with van der Waals surface area (Å²) < 4.78 is 72.7. The highest BCUT2D eigenvalue weighted by atomic mass is 19.4. The monoisotopic (exact) mass is 637 g/mol. The molecule has 0 radical (unpaired) electrons. The molecule has 1 saturated carbocycles. The fourth-order valence-electron chi connectivity index (χ4n) is 6.09. The van der Waals surface area contributed by atoms with Gasteiger partial charge in [0, 0.05) is 35.3 Å². The summed E-state index contributed by atoms with van der Waals surface area (Å²) >= 11 is 0. The topological polar surface area (TPSA) is 129 Å². The van der Waals surface area contributed by atoms with Gasteiger partial charge in [0.05, 0.1) is 19.3 Å². The van der Waals surface area contributed by atoms with Crippen molar-refractivity contribution in [1.82, 2.24) is 34.8 Å². The third-order valence-corrected chi connectivity index (χ3v) is 8.68. The van der Waals surface area contributed by atoms with E-state index in [0.29, 0.717) is 29.5 Å². The average Bonchev–Trinajstić information content (AvgIpc) is 3.40. The van der Waals surface area contributed by atoms with Gasteiger partial charge in [-0.2, -0.15) is 18.3 Å². The molecule has 46 heavy (non-hydrogen) atoms. The number of amides is 1. The van der Waals surface area contributed by atoms with E-state index in [9.17, 15) is 14.3 Å². The largest absolute Gasteiger partial charge is 0.494 e. The van der Waals surface area contributed by atoms with Crippen molar-refractivity contribution >= 4 is 16.8 Å². The van der Waals surface area contributed by atoms with Crippen molar-refractivity contribution in [2.24, 2.45) is 13.0 Å². The Labute approximate surface area is 258 Å². The van der Waals surface area contributed by atoms with Crippen LogP contribution in [0.3, 0.4) is 0 Å². The summed E-state index contributed by atoms with van der Waals surface area (Å²) in [4.78, 5) is 18.1. The van der Waals surface area contributed by atoms with Crippen LogP contribution in [0.25, 0.3) is 22.2 Å². The minimum absolute atomic E-state index is 0.0103. The van der Waals surface area contributed by atoms with Crippen LogP contribution in [0.4, 0.5) is 17.6 Å². The number of fused-ring (bicyclic) bond motifs is 2. The molecule has 11 nitrogen and oxygen atoms in total. The number of nitrogens with one attached hydrogen (secondary N) is 1. The number of methoxy groups -OCH3 is 1. The highest BCUT2D eigenvalue weighted by Crippen LogP contribution is 2.54. The Morgan fingerprint density at radius 1 is 1.15 bits per heavy atom. The van der Waals surface area contributed by atoms with Gasteiger partial charge in [0.2, 0.25) is 5.54 Å². The van der Waals surface area contributed by atoms with Gasteiger partial charge in [-0.25, -0.2) is 9.37 Å². The number of aryl methyl sites for hydroxylation is 1. The summed E-state index contributed by atoms with van der Waals surface area (Å²) in [5.74, 6) is -1.29. The Morgan fingerprint density at radius 2 is 1.87 bits per heavy atom. The van der Waals surface area contributed by atoms with E-state index in [1.165, 1.54) is 31.4 Å². The number of pyridine rings is 1. The number of carbonyl (C=O) groups is 1. The number of carbonyl (C=O) groups excluding carboxylic acids is 1. The molecule has 1 aliphatic carbocycles. The van der Waals surface area contributed by atoms with Crippen LogP contribution >= 0.6 is 0 Å². The summed E-state index contributed by atoms with van der Waals surface area (Å²) in [5.41, 5.74) is -3.96. The normalized spacial score (nSPS) is 19.0. The second-order valence-corrected chi connectivity index (χ2v) is 11.6. The van der Waals surface area contributed by atoms with Crippen molar-refractivity contribution < 1.29 is 36.9 Å². The first-order chi connectivity index (χ1) is 21.9. The number of halogens is 4. The molecule has 2 aromatic carbocycles. The van der Waals surface area contributed by atoms with Crippen molar-refractivity contribution in [2.45, 2.75) is 30.2 Å². The molecule has 0 saturated heterocycles. The quantitative estimate of drug-likeness (QED) is 0.244. The van der Waals surface area contributed by atoms with Gasteiger partial charge in [0.25, 0.3) is 5.91 Å². The molecule has 2 N–H and O–H groups in total. The van der Waals surface area contributed by atoms with Gasteiger partial charge in [-0.05, 0) is 61.2 Å². The molecule has 3 aromatic heterocycles. The van der Waals surface area contributed by atoms with Crippen molar-refractivity contribution in [3.63, 3.8) is 0 Å². The lowest BCUT2D eigenvalue weighted by Gasteiger charge is -2.33. The van der Waals surface area contributed by atoms with Crippen molar-refractivity contribution in [3.05, 3.63) is 84.0 Å². The van der Waals surface area contributed by atoms with E-state index >= 15 is 13.2 Å². The van der Waals surface area contributed by atoms with Gasteiger partial charge in [-0.1, -0.05) is 0 Å². The second kappa shape index (κ2) is 10.5. The summed E-state index contributed by atoms with van der Waals surface area (Å²) in [6, 6.07) is 9.39. The number of ether oxygens (including phenoxy) is 2. The van der Waals surface area contributed by atoms with Crippen molar-refractivity contribution in [3.8, 4) is 22.8 Å². The first-order valence-electron chi connectivity index (χ1n) is 14.3. The smallest absolute Gasteiger partial charge is 0.419 e. The number of rotatable bonds is 8. The summed E-state index contributed by atoms with van der Waals surface area (Å²) in [7, 11) is 3.19. The summed E-state index contributed by atoms with van der Waals surface area (Å²) in [6.07, 6.45) is -0.160. The van der Waals surface area contributed by atoms with Crippen LogP contribution < -0.4 is 14.8 Å². The maximum atomic E-state index is 15.1. The number of aliphatic hydroxyl groups is 1. The molecule has 1 unspecified atom stereocenters. The minimum Gasteiger partial charge on any atom is -0.494 e. The number of hydrogen-bond acceptors (Lipinski definition) is 8. The SMILES string of the molecule is COc1cc(C(=O)NCC(O)(c2cc3c(c(-c4ccc(F)cc4)n2)OC[C@@]3(n2cnnc2)C(F)(F)F)C2CC2)cc2cn(C)nc12. The average molecular weight is 638 g/mol. The third kappa shape index (κ3) is 4.64. The molecule has 0 bridgehead atoms. The standard InChI is InChI=1S/C31H27F4N7O4/c1-41-12-19-9-18(10-23(45-2)25(19)40-41)28(43)36-13-29(44,20-5-6-20)24-11-22-27(26(39-24)17-3-7-21(32)8-4-17)46-14-30(22,31(33,34)35)42-15-37-38-16-42/h3-4,7-12,15-16,20,44H,5-6,13-14H2,1-2H3,(H,36,43)/t29?,30-/m0/s1. The molecule has 7 rings (SSSR count). The number of nitrogens with zero attached hydrogens (tertiary/aromatic N) is 6. The summed E-state index contributed by atoms with van der Waals surface area (Å²) in [6.45, 7) is -1.20. The van der Waals surface area contributed by atoms with Gasteiger partial charge in [-0.3, -0.25) is 14.0 Å². The maximum absolute atomic E-state index is 15.1. The highest BCUT2D eigenvalue weighted by molar-refractivity contribution is 5.99. The van der Waals surface area contributed by atoms with Gasteiger partial charge >= 0.3 is 6.18 Å². The number of aromatic nitrogens is 6. The molecule has 1 amide bonds. The first kappa shape index (κ1) is 29.6. The van der Waals surface area contributed by atoms with Crippen LogP contribution in [0, 0.1) is 11.7 Å². The molecular formula is C31H27F4N7O4. The lowest BCUT2D eigenvalue weighted by atomic mass is 9.85. The second-order valence-electron chi connectivity index (χ2n) is 11.6. The molecule has 1 aliphatic heterocycles. The van der Waals surface area contributed by atoms with E-state index in [-0.39, 0.29) is 40.4 Å². The molecule has 2 atom stereocenters. The predicted molar refractivity (Wildman–Crippen MR) is 154 cm³/mol. The Kier molecular flexibility index (Phi) is 6.77. The molecular weight excluding hydrogens is 610 g/mol. The zero-order valence-corrected chi connectivity index (χ0v) is 24.5. The number of hydrogen-bond donors (Lipinski definition) is 2. The molecule has 238 valence electrons. The molecule has 4 heterocycles. The van der Waals surface area contributed by atoms with E-state index in [2.05, 4.69) is 25.6 Å². The number of benzene rings is 2. The van der Waals surface area contributed by atoms with Crippen LogP contribution in [0.15, 0.2) is 61.3 Å². The van der Waals surface area contributed by atoms with Crippen LogP contribution in [0.2, 0.25) is 0 Å². The number of alkyl halides is 3. The van der Waals surface area contributed by atoms with Crippen LogP contribution in [0.1, 0.15) is 34.5 Å². The van der Waals surface area contributed by atoms with E-state index in [0.717, 1.165) is 29.4 Å². The lowest BCUT2D eigenvalue weighted by molar-refractivity contribution is -0.202. The van der Waals surface area contributed by atoms with E-state index in [4.69, 9.17) is 9.47 Å². The minimum atomic E-state index is -4.89. The van der Waals surface area contributed by atoms with E-state index in [1.54, 1.807) is 24.0 Å². The zero-order chi connectivity index (χ0) is 32.4. The van der Waals surface area contributed by atoms with Crippen LogP contribution in [0.5, 0.6) is 11.5 Å². The summed E-state index contributed by atoms with van der Waals surface area (Å²) in [5, 5.41) is 27.2. The molecule has 15 heteroatoms. The Bertz CT molecular complexity index is 1960. The molecule has 1 fully saturated rings. The predicted octanol–water partition coefficient (Wildman–Crippen LogP) is 4.10. The third-order valence-electron chi connectivity index (χ3n) is 8.68. The molecule has 5 aromatic rings. The maximum Gasteiger partial charge on any atom is 0.419 e. The molecule has 2 aliphatic rings. The van der Waals surface area contributed by atoms with Gasteiger partial charge in [-0.15, -0.1) is 10.2 Å². The van der Waals surface area contributed by atoms with E-state index < -0.39 is 41.6 Å². The Morgan fingerprint density at radius 3 is 2.52 bits per heavy atom. The lowest BCUT2D eigenvalue weighted by Crippen LogP contribution is -2.50. The van der Waals surface area contributed by atoms with Gasteiger partial charge in [0.1, 0.15) is 47.6 Å². The van der Waals surface area contributed by atoms with E-state index in [1.807, 2.05) is 0 Å². The van der Waals surface area contributed by atoms with Gasteiger partial charge in [0.15, 0.2) is 5.75 Å². The van der Waals surface area contributed by atoms with Crippen molar-refractivity contribution in [1.29, 1.82) is 0 Å². The Balaban J connectivity index is 1.33. The van der Waals surface area contributed by atoms with Crippen LogP contribution in [-0.2, 0) is 18.2 Å².